The second-order valence-electron chi connectivity index (χ2n) is 4.91. The van der Waals surface area contributed by atoms with Crippen molar-refractivity contribution in [3.05, 3.63) is 33.8 Å². The van der Waals surface area contributed by atoms with Crippen molar-refractivity contribution in [2.45, 2.75) is 32.4 Å². The van der Waals surface area contributed by atoms with E-state index in [-0.39, 0.29) is 0 Å². The molecular formula is C14H20Cl2N2. The maximum absolute atomic E-state index is 6.21. The first-order chi connectivity index (χ1) is 8.69. The molecule has 100 valence electrons. The van der Waals surface area contributed by atoms with E-state index in [2.05, 4.69) is 17.1 Å². The molecule has 0 aromatic heterocycles. The van der Waals surface area contributed by atoms with Crippen molar-refractivity contribution in [2.75, 3.05) is 19.6 Å². The van der Waals surface area contributed by atoms with Crippen LogP contribution in [0.25, 0.3) is 0 Å². The van der Waals surface area contributed by atoms with Gasteiger partial charge in [0.25, 0.3) is 0 Å². The predicted molar refractivity (Wildman–Crippen MR) is 78.4 cm³/mol. The van der Waals surface area contributed by atoms with E-state index < -0.39 is 0 Å². The van der Waals surface area contributed by atoms with Gasteiger partial charge in [-0.2, -0.15) is 0 Å². The van der Waals surface area contributed by atoms with Gasteiger partial charge < -0.3 is 5.32 Å². The number of benzene rings is 1. The lowest BCUT2D eigenvalue weighted by atomic mass is 10.1. The second-order valence-corrected chi connectivity index (χ2v) is 5.75. The molecule has 1 saturated heterocycles. The minimum atomic E-state index is 0.613. The summed E-state index contributed by atoms with van der Waals surface area (Å²) in [5.74, 6) is 0. The van der Waals surface area contributed by atoms with Gasteiger partial charge in [0.05, 0.1) is 0 Å². The van der Waals surface area contributed by atoms with Crippen molar-refractivity contribution in [3.8, 4) is 0 Å². The molecule has 1 aromatic carbocycles. The largest absolute Gasteiger partial charge is 0.311 e. The van der Waals surface area contributed by atoms with Gasteiger partial charge in [-0.25, -0.2) is 0 Å². The molecule has 1 heterocycles. The number of halogens is 2. The molecule has 1 N–H and O–H groups in total. The molecule has 0 radical (unpaired) electrons. The van der Waals surface area contributed by atoms with Crippen LogP contribution in [0.15, 0.2) is 18.2 Å². The van der Waals surface area contributed by atoms with Gasteiger partial charge in [-0.3, -0.25) is 4.90 Å². The highest BCUT2D eigenvalue weighted by molar-refractivity contribution is 6.33. The standard InChI is InChI=1S/C14H20Cl2N2/c1-2-3-13-10-18(7-6-17-13)9-11-8-12(15)4-5-14(11)16/h4-5,8,13,17H,2-3,6-7,9-10H2,1H3. The number of rotatable bonds is 4. The Labute approximate surface area is 119 Å². The van der Waals surface area contributed by atoms with Crippen molar-refractivity contribution < 1.29 is 0 Å². The Hall–Kier alpha value is -0.280. The van der Waals surface area contributed by atoms with Gasteiger partial charge in [-0.15, -0.1) is 0 Å². The van der Waals surface area contributed by atoms with E-state index in [1.165, 1.54) is 12.8 Å². The molecule has 4 heteroatoms. The first-order valence-corrected chi connectivity index (χ1v) is 7.34. The van der Waals surface area contributed by atoms with E-state index in [1.807, 2.05) is 18.2 Å². The molecule has 1 aliphatic heterocycles. The lowest BCUT2D eigenvalue weighted by molar-refractivity contribution is 0.187. The Morgan fingerprint density at radius 1 is 1.39 bits per heavy atom. The molecule has 0 aliphatic carbocycles. The van der Waals surface area contributed by atoms with Crippen molar-refractivity contribution in [1.29, 1.82) is 0 Å². The van der Waals surface area contributed by atoms with Gasteiger partial charge in [0.1, 0.15) is 0 Å². The van der Waals surface area contributed by atoms with Crippen LogP contribution in [0.2, 0.25) is 10.0 Å². The Kier molecular flexibility index (Phi) is 5.31. The van der Waals surface area contributed by atoms with Gasteiger partial charge >= 0.3 is 0 Å². The summed E-state index contributed by atoms with van der Waals surface area (Å²) >= 11 is 12.2. The summed E-state index contributed by atoms with van der Waals surface area (Å²) in [7, 11) is 0. The molecule has 1 aromatic rings. The summed E-state index contributed by atoms with van der Waals surface area (Å²) in [6, 6.07) is 6.30. The predicted octanol–water partition coefficient (Wildman–Crippen LogP) is 3.57. The van der Waals surface area contributed by atoms with Gasteiger partial charge in [-0.1, -0.05) is 36.5 Å². The number of hydrogen-bond donors (Lipinski definition) is 1. The van der Waals surface area contributed by atoms with Gasteiger partial charge in [-0.05, 0) is 30.2 Å². The fourth-order valence-electron chi connectivity index (χ4n) is 2.49. The Bertz CT molecular complexity index is 393. The quantitative estimate of drug-likeness (QED) is 0.910. The van der Waals surface area contributed by atoms with Crippen LogP contribution < -0.4 is 5.32 Å². The zero-order valence-electron chi connectivity index (χ0n) is 10.8. The highest BCUT2D eigenvalue weighted by Gasteiger charge is 2.19. The summed E-state index contributed by atoms with van der Waals surface area (Å²) in [5, 5.41) is 5.13. The Balaban J connectivity index is 1.98. The molecule has 1 atom stereocenters. The molecule has 0 amide bonds. The SMILES string of the molecule is CCCC1CN(Cc2cc(Cl)ccc2Cl)CCN1. The average molecular weight is 287 g/mol. The summed E-state index contributed by atoms with van der Waals surface area (Å²) in [6.07, 6.45) is 2.46. The van der Waals surface area contributed by atoms with Crippen LogP contribution in [-0.4, -0.2) is 30.6 Å². The van der Waals surface area contributed by atoms with Crippen molar-refractivity contribution >= 4 is 23.2 Å². The monoisotopic (exact) mass is 286 g/mol. The summed E-state index contributed by atoms with van der Waals surface area (Å²) in [4.78, 5) is 2.45. The lowest BCUT2D eigenvalue weighted by Crippen LogP contribution is -2.50. The molecule has 1 fully saturated rings. The van der Waals surface area contributed by atoms with E-state index in [4.69, 9.17) is 23.2 Å². The zero-order chi connectivity index (χ0) is 13.0. The third-order valence-corrected chi connectivity index (χ3v) is 3.98. The van der Waals surface area contributed by atoms with Crippen molar-refractivity contribution in [2.24, 2.45) is 0 Å². The fraction of sp³-hybridized carbons (Fsp3) is 0.571. The number of nitrogens with zero attached hydrogens (tertiary/aromatic N) is 1. The summed E-state index contributed by atoms with van der Waals surface area (Å²) in [5.41, 5.74) is 1.13. The first kappa shape index (κ1) is 14.1. The van der Waals surface area contributed by atoms with Crippen molar-refractivity contribution in [1.82, 2.24) is 10.2 Å². The van der Waals surface area contributed by atoms with Crippen LogP contribution in [0, 0.1) is 0 Å². The first-order valence-electron chi connectivity index (χ1n) is 6.58. The molecular weight excluding hydrogens is 267 g/mol. The molecule has 2 rings (SSSR count). The molecule has 1 unspecified atom stereocenters. The molecule has 0 saturated carbocycles. The minimum absolute atomic E-state index is 0.613. The highest BCUT2D eigenvalue weighted by atomic mass is 35.5. The number of piperazine rings is 1. The maximum Gasteiger partial charge on any atom is 0.0452 e. The minimum Gasteiger partial charge on any atom is -0.311 e. The summed E-state index contributed by atoms with van der Waals surface area (Å²) < 4.78 is 0. The van der Waals surface area contributed by atoms with Crippen LogP contribution in [-0.2, 0) is 6.54 Å². The highest BCUT2D eigenvalue weighted by Crippen LogP contribution is 2.22. The van der Waals surface area contributed by atoms with Crippen LogP contribution in [0.3, 0.4) is 0 Å². The van der Waals surface area contributed by atoms with E-state index >= 15 is 0 Å². The number of nitrogens with one attached hydrogen (secondary N) is 1. The van der Waals surface area contributed by atoms with Crippen LogP contribution in [0.4, 0.5) is 0 Å². The topological polar surface area (TPSA) is 15.3 Å². The smallest absolute Gasteiger partial charge is 0.0452 e. The summed E-state index contributed by atoms with van der Waals surface area (Å²) in [6.45, 7) is 6.35. The molecule has 18 heavy (non-hydrogen) atoms. The maximum atomic E-state index is 6.21. The Morgan fingerprint density at radius 2 is 2.22 bits per heavy atom. The van der Waals surface area contributed by atoms with Gasteiger partial charge in [0.2, 0.25) is 0 Å². The fourth-order valence-corrected chi connectivity index (χ4v) is 2.86. The Morgan fingerprint density at radius 3 is 3.00 bits per heavy atom. The van der Waals surface area contributed by atoms with Crippen LogP contribution in [0.5, 0.6) is 0 Å². The molecule has 2 nitrogen and oxygen atoms in total. The zero-order valence-corrected chi connectivity index (χ0v) is 12.3. The van der Waals surface area contributed by atoms with E-state index in [0.717, 1.165) is 41.8 Å². The van der Waals surface area contributed by atoms with Gasteiger partial charge in [0, 0.05) is 42.3 Å². The van der Waals surface area contributed by atoms with Crippen LogP contribution >= 0.6 is 23.2 Å². The van der Waals surface area contributed by atoms with E-state index in [0.29, 0.717) is 6.04 Å². The van der Waals surface area contributed by atoms with Crippen LogP contribution in [0.1, 0.15) is 25.3 Å². The van der Waals surface area contributed by atoms with Gasteiger partial charge in [0.15, 0.2) is 0 Å². The second kappa shape index (κ2) is 6.76. The molecule has 0 bridgehead atoms. The molecule has 1 aliphatic rings. The average Bonchev–Trinajstić information content (AvgIpc) is 2.35. The number of hydrogen-bond acceptors (Lipinski definition) is 2. The van der Waals surface area contributed by atoms with Crippen molar-refractivity contribution in [3.63, 3.8) is 0 Å². The third-order valence-electron chi connectivity index (χ3n) is 3.38. The molecule has 0 spiro atoms. The van der Waals surface area contributed by atoms with E-state index in [1.54, 1.807) is 0 Å². The third kappa shape index (κ3) is 3.86. The van der Waals surface area contributed by atoms with E-state index in [9.17, 15) is 0 Å². The lowest BCUT2D eigenvalue weighted by Gasteiger charge is -2.33. The normalized spacial score (nSPS) is 21.2.